The number of carbonyl (C=O) groups excluding carboxylic acids is 4. The lowest BCUT2D eigenvalue weighted by molar-refractivity contribution is -0.127. The second-order valence-corrected chi connectivity index (χ2v) is 8.91. The van der Waals surface area contributed by atoms with Crippen LogP contribution in [-0.4, -0.2) is 29.0 Å². The van der Waals surface area contributed by atoms with Gasteiger partial charge in [0.2, 0.25) is 29.0 Å². The molecule has 168 valence electrons. The monoisotopic (exact) mass is 475 g/mol. The molecule has 2 saturated heterocycles. The zero-order valence-electron chi connectivity index (χ0n) is 17.4. The van der Waals surface area contributed by atoms with E-state index in [0.717, 1.165) is 11.0 Å². The zero-order chi connectivity index (χ0) is 23.8. The van der Waals surface area contributed by atoms with Gasteiger partial charge >= 0.3 is 0 Å². The van der Waals surface area contributed by atoms with Gasteiger partial charge in [-0.2, -0.15) is 0 Å². The Morgan fingerprint density at radius 2 is 1.44 bits per heavy atom. The Morgan fingerprint density at radius 1 is 0.824 bits per heavy atom. The molecule has 3 aromatic carbocycles. The van der Waals surface area contributed by atoms with Crippen molar-refractivity contribution in [2.45, 2.75) is 11.7 Å². The van der Waals surface area contributed by atoms with Gasteiger partial charge in [0.25, 0.3) is 0 Å². The lowest BCUT2D eigenvalue weighted by Crippen LogP contribution is -2.51. The molecule has 0 aromatic heterocycles. The first-order valence-corrected chi connectivity index (χ1v) is 11.0. The van der Waals surface area contributed by atoms with Gasteiger partial charge in [0, 0.05) is 11.1 Å². The Bertz CT molecular complexity index is 1390. The molecule has 2 heterocycles. The highest BCUT2D eigenvalue weighted by Crippen LogP contribution is 2.57. The lowest BCUT2D eigenvalue weighted by atomic mass is 9.77. The summed E-state index contributed by atoms with van der Waals surface area (Å²) in [4.78, 5) is 55.6. The molecule has 8 heteroatoms. The molecule has 34 heavy (non-hydrogen) atoms. The van der Waals surface area contributed by atoms with Crippen LogP contribution in [0.5, 0.6) is 0 Å². The summed E-state index contributed by atoms with van der Waals surface area (Å²) in [5.41, 5.74) is -1.22. The third-order valence-corrected chi connectivity index (χ3v) is 7.10. The smallest absolute Gasteiger partial charge is 0.241 e. The summed E-state index contributed by atoms with van der Waals surface area (Å²) in [6.07, 6.45) is -1.01. The topological polar surface area (TPSA) is 80.8 Å². The molecule has 3 atom stereocenters. The highest BCUT2D eigenvalue weighted by atomic mass is 35.5. The molecule has 2 aliphatic heterocycles. The predicted octanol–water partition coefficient (Wildman–Crippen LogP) is 4.17. The van der Waals surface area contributed by atoms with E-state index < -0.39 is 52.7 Å². The normalized spacial score (nSPS) is 24.8. The van der Waals surface area contributed by atoms with Crippen molar-refractivity contribution in [2.75, 3.05) is 4.90 Å². The van der Waals surface area contributed by atoms with Gasteiger partial charge in [-0.25, -0.2) is 9.29 Å². The minimum atomic E-state index is -2.15. The molecule has 3 unspecified atom stereocenters. The van der Waals surface area contributed by atoms with Crippen LogP contribution in [0.25, 0.3) is 0 Å². The average molecular weight is 476 g/mol. The van der Waals surface area contributed by atoms with E-state index in [1.54, 1.807) is 42.5 Å². The van der Waals surface area contributed by atoms with Gasteiger partial charge in [-0.15, -0.1) is 0 Å². The summed E-state index contributed by atoms with van der Waals surface area (Å²) in [6, 6.07) is 18.4. The van der Waals surface area contributed by atoms with Gasteiger partial charge in [0.05, 0.1) is 28.6 Å². The minimum Gasteiger partial charge on any atom is -0.349 e. The zero-order valence-corrected chi connectivity index (χ0v) is 18.2. The summed E-state index contributed by atoms with van der Waals surface area (Å²) in [5.74, 6) is -5.88. The third kappa shape index (κ3) is 2.53. The van der Waals surface area contributed by atoms with Crippen molar-refractivity contribution in [1.29, 1.82) is 0 Å². The first-order chi connectivity index (χ1) is 16.4. The standard InChI is InChI=1S/C26H15ClFNO5/c27-17-12-14(10-11-18(17)28)29-24(32)19-20(25(29)33)26(34-21(19)13-6-2-1-3-7-13)22(30)15-8-4-5-9-16(15)23(26)31/h1-12,19-21H. The van der Waals surface area contributed by atoms with Gasteiger partial charge < -0.3 is 4.74 Å². The highest BCUT2D eigenvalue weighted by molar-refractivity contribution is 6.37. The van der Waals surface area contributed by atoms with Crippen molar-refractivity contribution in [3.05, 3.63) is 100 Å². The van der Waals surface area contributed by atoms with Crippen molar-refractivity contribution >= 4 is 40.7 Å². The third-order valence-electron chi connectivity index (χ3n) is 6.81. The van der Waals surface area contributed by atoms with E-state index in [1.807, 2.05) is 0 Å². The number of nitrogens with zero attached hydrogens (tertiary/aromatic N) is 1. The van der Waals surface area contributed by atoms with E-state index >= 15 is 0 Å². The molecule has 0 bridgehead atoms. The Balaban J connectivity index is 1.55. The second-order valence-electron chi connectivity index (χ2n) is 8.50. The van der Waals surface area contributed by atoms with Crippen LogP contribution in [-0.2, 0) is 14.3 Å². The lowest BCUT2D eigenvalue weighted by Gasteiger charge is -2.27. The number of hydrogen-bond acceptors (Lipinski definition) is 5. The number of ketones is 2. The number of benzene rings is 3. The number of rotatable bonds is 2. The molecular formula is C26H15ClFNO5. The molecule has 0 radical (unpaired) electrons. The molecule has 1 spiro atoms. The average Bonchev–Trinajstić information content (AvgIpc) is 3.42. The molecule has 3 aliphatic rings. The summed E-state index contributed by atoms with van der Waals surface area (Å²) >= 11 is 5.90. The maximum Gasteiger partial charge on any atom is 0.241 e. The van der Waals surface area contributed by atoms with Gasteiger partial charge in [0.15, 0.2) is 0 Å². The number of imide groups is 1. The fraction of sp³-hybridized carbons (Fsp3) is 0.154. The fourth-order valence-corrected chi connectivity index (χ4v) is 5.51. The molecule has 2 fully saturated rings. The van der Waals surface area contributed by atoms with Crippen LogP contribution >= 0.6 is 11.6 Å². The first kappa shape index (κ1) is 20.9. The van der Waals surface area contributed by atoms with Crippen LogP contribution in [0, 0.1) is 17.7 Å². The SMILES string of the molecule is O=C1C2C(c3ccccc3)OC3(C(=O)c4ccccc4C3=O)C2C(=O)N1c1ccc(F)c(Cl)c1. The van der Waals surface area contributed by atoms with Crippen LogP contribution < -0.4 is 4.90 Å². The first-order valence-electron chi connectivity index (χ1n) is 10.6. The largest absolute Gasteiger partial charge is 0.349 e. The number of Topliss-reactive ketones (excluding diaryl/α,β-unsaturated/α-hetero) is 2. The molecule has 2 amide bonds. The Labute approximate surface area is 197 Å². The number of ether oxygens (including phenoxy) is 1. The van der Waals surface area contributed by atoms with Crippen LogP contribution in [0.3, 0.4) is 0 Å². The Kier molecular flexibility index (Phi) is 4.40. The van der Waals surface area contributed by atoms with Gasteiger partial charge in [-0.3, -0.25) is 19.2 Å². The van der Waals surface area contributed by atoms with E-state index in [4.69, 9.17) is 16.3 Å². The van der Waals surface area contributed by atoms with E-state index in [1.165, 1.54) is 24.3 Å². The molecule has 0 saturated carbocycles. The number of halogens is 2. The van der Waals surface area contributed by atoms with Crippen molar-refractivity contribution in [2.24, 2.45) is 11.8 Å². The van der Waals surface area contributed by atoms with E-state index in [-0.39, 0.29) is 21.8 Å². The number of anilines is 1. The Hall–Kier alpha value is -3.68. The second kappa shape index (κ2) is 7.16. The molecule has 0 N–H and O–H groups in total. The number of carbonyl (C=O) groups is 4. The van der Waals surface area contributed by atoms with Crippen LogP contribution in [0.2, 0.25) is 5.02 Å². The maximum absolute atomic E-state index is 13.8. The molecule has 6 rings (SSSR count). The molecule has 3 aromatic rings. The molecule has 1 aliphatic carbocycles. The highest BCUT2D eigenvalue weighted by Gasteiger charge is 2.74. The van der Waals surface area contributed by atoms with Gasteiger partial charge in [-0.05, 0) is 23.8 Å². The van der Waals surface area contributed by atoms with E-state index in [9.17, 15) is 23.6 Å². The minimum absolute atomic E-state index is 0.0631. The van der Waals surface area contributed by atoms with Crippen molar-refractivity contribution in [3.63, 3.8) is 0 Å². The Morgan fingerprint density at radius 3 is 2.06 bits per heavy atom. The van der Waals surface area contributed by atoms with Gasteiger partial charge in [0.1, 0.15) is 5.82 Å². The van der Waals surface area contributed by atoms with Crippen molar-refractivity contribution < 1.29 is 28.3 Å². The van der Waals surface area contributed by atoms with Crippen molar-refractivity contribution in [1.82, 2.24) is 0 Å². The quantitative estimate of drug-likeness (QED) is 0.410. The number of fused-ring (bicyclic) bond motifs is 3. The maximum atomic E-state index is 13.8. The fourth-order valence-electron chi connectivity index (χ4n) is 5.34. The van der Waals surface area contributed by atoms with Crippen LogP contribution in [0.15, 0.2) is 72.8 Å². The molecular weight excluding hydrogens is 461 g/mol. The summed E-state index contributed by atoms with van der Waals surface area (Å²) in [5, 5.41) is -0.263. The number of hydrogen-bond donors (Lipinski definition) is 0. The number of amides is 2. The van der Waals surface area contributed by atoms with E-state index in [2.05, 4.69) is 0 Å². The van der Waals surface area contributed by atoms with Crippen molar-refractivity contribution in [3.8, 4) is 0 Å². The summed E-state index contributed by atoms with van der Waals surface area (Å²) < 4.78 is 19.9. The van der Waals surface area contributed by atoms with Crippen LogP contribution in [0.4, 0.5) is 10.1 Å². The van der Waals surface area contributed by atoms with Gasteiger partial charge in [-0.1, -0.05) is 66.2 Å². The molecule has 6 nitrogen and oxygen atoms in total. The van der Waals surface area contributed by atoms with Crippen LogP contribution in [0.1, 0.15) is 32.4 Å². The summed E-state index contributed by atoms with van der Waals surface area (Å²) in [6.45, 7) is 0. The predicted molar refractivity (Wildman–Crippen MR) is 119 cm³/mol. The van der Waals surface area contributed by atoms with E-state index in [0.29, 0.717) is 5.56 Å². The summed E-state index contributed by atoms with van der Waals surface area (Å²) in [7, 11) is 0.